The lowest BCUT2D eigenvalue weighted by molar-refractivity contribution is -0.122. The van der Waals surface area contributed by atoms with E-state index in [0.717, 1.165) is 69.3 Å². The van der Waals surface area contributed by atoms with Crippen molar-refractivity contribution < 1.29 is 9.59 Å². The van der Waals surface area contributed by atoms with E-state index >= 15 is 0 Å². The zero-order valence-corrected chi connectivity index (χ0v) is 22.2. The summed E-state index contributed by atoms with van der Waals surface area (Å²) >= 11 is 0. The van der Waals surface area contributed by atoms with Gasteiger partial charge in [-0.05, 0) is 77.4 Å². The van der Waals surface area contributed by atoms with E-state index < -0.39 is 0 Å². The van der Waals surface area contributed by atoms with Crippen LogP contribution in [-0.4, -0.2) is 72.5 Å². The molecule has 0 radical (unpaired) electrons. The van der Waals surface area contributed by atoms with Crippen LogP contribution in [-0.2, 0) is 16.0 Å². The van der Waals surface area contributed by atoms with Gasteiger partial charge in [0, 0.05) is 60.3 Å². The molecular weight excluding hydrogens is 466 g/mol. The number of aromatic nitrogens is 2. The van der Waals surface area contributed by atoms with Crippen LogP contribution < -0.4 is 20.4 Å². The molecule has 2 atom stereocenters. The van der Waals surface area contributed by atoms with E-state index in [1.807, 2.05) is 0 Å². The predicted octanol–water partition coefficient (Wildman–Crippen LogP) is 3.33. The third kappa shape index (κ3) is 5.42. The third-order valence-corrected chi connectivity index (χ3v) is 8.57. The van der Waals surface area contributed by atoms with E-state index in [-0.39, 0.29) is 23.4 Å². The molecule has 2 aromatic rings. The molecule has 9 heteroatoms. The van der Waals surface area contributed by atoms with Crippen molar-refractivity contribution >= 4 is 35.5 Å². The average molecular weight is 506 g/mol. The number of amides is 2. The Morgan fingerprint density at radius 3 is 2.57 bits per heavy atom. The lowest BCUT2D eigenvalue weighted by Crippen LogP contribution is -2.43. The fraction of sp³-hybridized carbons (Fsp3) is 0.571. The standard InChI is InChI=1S/C28H39N7O2/c1-28(33(2)3)13-15-34(18-28)23-10-8-22(9-11-23)31-27-30-17-21(16-20-12-14-29-26(20)37)25(32-27)35(19-36)24-6-4-5-7-24/h8-11,17,19-20,24H,4-7,12-16,18H2,1-3H3,(H,29,37)(H,30,31,32)/t20-,28-/m0/s1. The first-order chi connectivity index (χ1) is 17.9. The lowest BCUT2D eigenvalue weighted by atomic mass is 9.99. The largest absolute Gasteiger partial charge is 0.370 e. The maximum absolute atomic E-state index is 12.2. The Kier molecular flexibility index (Phi) is 7.33. The number of likely N-dealkylation sites (N-methyl/N-ethyl adjacent to an activating group) is 1. The number of benzene rings is 1. The summed E-state index contributed by atoms with van der Waals surface area (Å²) in [6.07, 6.45) is 9.31. The van der Waals surface area contributed by atoms with Crippen LogP contribution in [0, 0.1) is 5.92 Å². The predicted molar refractivity (Wildman–Crippen MR) is 146 cm³/mol. The quantitative estimate of drug-likeness (QED) is 0.505. The van der Waals surface area contributed by atoms with Gasteiger partial charge in [-0.3, -0.25) is 14.5 Å². The summed E-state index contributed by atoms with van der Waals surface area (Å²) in [4.78, 5) is 40.3. The second-order valence-corrected chi connectivity index (χ2v) is 11.2. The molecule has 2 amide bonds. The number of nitrogens with zero attached hydrogens (tertiary/aromatic N) is 5. The lowest BCUT2D eigenvalue weighted by Gasteiger charge is -2.32. The van der Waals surface area contributed by atoms with Crippen LogP contribution in [0.25, 0.3) is 0 Å². The Morgan fingerprint density at radius 1 is 1.19 bits per heavy atom. The van der Waals surface area contributed by atoms with Gasteiger partial charge >= 0.3 is 0 Å². The number of carbonyl (C=O) groups excluding carboxylic acids is 2. The molecule has 0 unspecified atom stereocenters. The molecule has 1 aromatic carbocycles. The Morgan fingerprint density at radius 2 is 1.95 bits per heavy atom. The Hall–Kier alpha value is -3.20. The van der Waals surface area contributed by atoms with E-state index in [2.05, 4.69) is 70.7 Å². The van der Waals surface area contributed by atoms with Crippen molar-refractivity contribution in [2.75, 3.05) is 48.8 Å². The highest BCUT2D eigenvalue weighted by Gasteiger charge is 2.35. The Balaban J connectivity index is 1.35. The second-order valence-electron chi connectivity index (χ2n) is 11.2. The normalized spacial score (nSPS) is 24.1. The van der Waals surface area contributed by atoms with Gasteiger partial charge in [-0.2, -0.15) is 4.98 Å². The van der Waals surface area contributed by atoms with Gasteiger partial charge in [-0.1, -0.05) is 12.8 Å². The van der Waals surface area contributed by atoms with Crippen molar-refractivity contribution in [1.29, 1.82) is 0 Å². The van der Waals surface area contributed by atoms with Crippen LogP contribution in [0.15, 0.2) is 30.5 Å². The number of carbonyl (C=O) groups is 2. The van der Waals surface area contributed by atoms with Gasteiger partial charge < -0.3 is 20.4 Å². The highest BCUT2D eigenvalue weighted by molar-refractivity contribution is 5.82. The summed E-state index contributed by atoms with van der Waals surface area (Å²) in [5.74, 6) is 1.03. The van der Waals surface area contributed by atoms with Crippen LogP contribution in [0.1, 0.15) is 51.0 Å². The number of anilines is 4. The van der Waals surface area contributed by atoms with Gasteiger partial charge in [0.1, 0.15) is 5.82 Å². The molecule has 198 valence electrons. The van der Waals surface area contributed by atoms with Gasteiger partial charge in [-0.15, -0.1) is 0 Å². The SMILES string of the molecule is CN(C)[C@@]1(C)CCN(c2ccc(Nc3ncc(C[C@@H]4CCNC4=O)c(N(C=O)C4CCCC4)n3)cc2)C1. The minimum Gasteiger partial charge on any atom is -0.370 e. The molecule has 1 aliphatic carbocycles. The van der Waals surface area contributed by atoms with Gasteiger partial charge in [-0.25, -0.2) is 4.98 Å². The second kappa shape index (κ2) is 10.7. The van der Waals surface area contributed by atoms with Crippen molar-refractivity contribution in [3.8, 4) is 0 Å². The van der Waals surface area contributed by atoms with Crippen molar-refractivity contribution in [2.24, 2.45) is 5.92 Å². The van der Waals surface area contributed by atoms with Gasteiger partial charge in [0.15, 0.2) is 0 Å². The molecule has 3 fully saturated rings. The molecule has 3 aliphatic rings. The van der Waals surface area contributed by atoms with Crippen LogP contribution in [0.3, 0.4) is 0 Å². The van der Waals surface area contributed by atoms with Crippen LogP contribution in [0.4, 0.5) is 23.1 Å². The molecule has 0 spiro atoms. The van der Waals surface area contributed by atoms with E-state index in [1.165, 1.54) is 5.69 Å². The maximum atomic E-state index is 12.2. The molecule has 0 bridgehead atoms. The molecule has 1 aromatic heterocycles. The molecule has 1 saturated carbocycles. The Bertz CT molecular complexity index is 1120. The van der Waals surface area contributed by atoms with E-state index in [0.29, 0.717) is 24.7 Å². The summed E-state index contributed by atoms with van der Waals surface area (Å²) in [6, 6.07) is 8.51. The van der Waals surface area contributed by atoms with Crippen molar-refractivity contribution in [3.63, 3.8) is 0 Å². The zero-order valence-electron chi connectivity index (χ0n) is 22.2. The van der Waals surface area contributed by atoms with Crippen molar-refractivity contribution in [3.05, 3.63) is 36.0 Å². The van der Waals surface area contributed by atoms with E-state index in [1.54, 1.807) is 11.1 Å². The fourth-order valence-corrected chi connectivity index (χ4v) is 5.84. The molecule has 5 rings (SSSR count). The van der Waals surface area contributed by atoms with Crippen LogP contribution >= 0.6 is 0 Å². The number of nitrogens with one attached hydrogen (secondary N) is 2. The maximum Gasteiger partial charge on any atom is 0.229 e. The monoisotopic (exact) mass is 505 g/mol. The zero-order chi connectivity index (χ0) is 26.0. The van der Waals surface area contributed by atoms with Crippen molar-refractivity contribution in [2.45, 2.75) is 63.5 Å². The first kappa shape index (κ1) is 25.4. The molecule has 37 heavy (non-hydrogen) atoms. The average Bonchev–Trinajstić information content (AvgIpc) is 3.65. The molecule has 2 aliphatic heterocycles. The van der Waals surface area contributed by atoms with E-state index in [4.69, 9.17) is 4.98 Å². The third-order valence-electron chi connectivity index (χ3n) is 8.57. The molecule has 2 N–H and O–H groups in total. The summed E-state index contributed by atoms with van der Waals surface area (Å²) in [5.41, 5.74) is 3.13. The smallest absolute Gasteiger partial charge is 0.229 e. The number of hydrogen-bond acceptors (Lipinski definition) is 7. The molecule has 2 saturated heterocycles. The minimum absolute atomic E-state index is 0.0654. The summed E-state index contributed by atoms with van der Waals surface area (Å²) in [6.45, 7) is 5.05. The minimum atomic E-state index is -0.106. The summed E-state index contributed by atoms with van der Waals surface area (Å²) in [5, 5.41) is 6.23. The van der Waals surface area contributed by atoms with Gasteiger partial charge in [0.25, 0.3) is 0 Å². The fourth-order valence-electron chi connectivity index (χ4n) is 5.84. The Labute approximate surface area is 219 Å². The van der Waals surface area contributed by atoms with E-state index in [9.17, 15) is 9.59 Å². The van der Waals surface area contributed by atoms with Crippen LogP contribution in [0.5, 0.6) is 0 Å². The first-order valence-corrected chi connectivity index (χ1v) is 13.5. The number of hydrogen-bond donors (Lipinski definition) is 2. The number of rotatable bonds is 9. The summed E-state index contributed by atoms with van der Waals surface area (Å²) in [7, 11) is 4.30. The van der Waals surface area contributed by atoms with Gasteiger partial charge in [0.05, 0.1) is 0 Å². The topological polar surface area (TPSA) is 93.7 Å². The van der Waals surface area contributed by atoms with Gasteiger partial charge in [0.2, 0.25) is 18.3 Å². The molecular formula is C28H39N7O2. The molecule has 3 heterocycles. The summed E-state index contributed by atoms with van der Waals surface area (Å²) < 4.78 is 0. The highest BCUT2D eigenvalue weighted by Crippen LogP contribution is 2.33. The highest BCUT2D eigenvalue weighted by atomic mass is 16.2. The first-order valence-electron chi connectivity index (χ1n) is 13.5. The van der Waals surface area contributed by atoms with Crippen molar-refractivity contribution in [1.82, 2.24) is 20.2 Å². The molecule has 9 nitrogen and oxygen atoms in total. The van der Waals surface area contributed by atoms with Crippen LogP contribution in [0.2, 0.25) is 0 Å².